The standard InChI is InChI=1S/C16H17/c1-2-7-13(8-3-1)16-12-6-10-14-9-4-5-11-15(14)16/h5-6,9-13H,1-3,7-8H2. The first kappa shape index (κ1) is 9.89. The van der Waals surface area contributed by atoms with Crippen molar-refractivity contribution in [3.05, 3.63) is 48.0 Å². The summed E-state index contributed by atoms with van der Waals surface area (Å²) in [6.45, 7) is 0. The van der Waals surface area contributed by atoms with Gasteiger partial charge in [-0.1, -0.05) is 49.6 Å². The zero-order valence-corrected chi connectivity index (χ0v) is 9.58. The van der Waals surface area contributed by atoms with Crippen LogP contribution in [0.4, 0.5) is 0 Å². The number of hydrogen-bond donors (Lipinski definition) is 0. The van der Waals surface area contributed by atoms with Crippen molar-refractivity contribution in [2.45, 2.75) is 38.0 Å². The molecule has 0 spiro atoms. The molecule has 0 heteroatoms. The molecular weight excluding hydrogens is 192 g/mol. The second-order valence-electron chi connectivity index (χ2n) is 4.83. The van der Waals surface area contributed by atoms with Gasteiger partial charge in [-0.25, -0.2) is 0 Å². The molecule has 0 N–H and O–H groups in total. The van der Waals surface area contributed by atoms with Gasteiger partial charge in [0, 0.05) is 0 Å². The molecule has 0 nitrogen and oxygen atoms in total. The highest BCUT2D eigenvalue weighted by Gasteiger charge is 2.16. The average Bonchev–Trinajstić information content (AvgIpc) is 2.39. The van der Waals surface area contributed by atoms with E-state index in [1.54, 1.807) is 5.56 Å². The predicted molar refractivity (Wildman–Crippen MR) is 68.6 cm³/mol. The minimum atomic E-state index is 0.792. The number of benzene rings is 2. The fourth-order valence-corrected chi connectivity index (χ4v) is 2.96. The monoisotopic (exact) mass is 209 g/mol. The topological polar surface area (TPSA) is 0 Å². The Labute approximate surface area is 97.3 Å². The van der Waals surface area contributed by atoms with Crippen molar-refractivity contribution in [3.63, 3.8) is 0 Å². The van der Waals surface area contributed by atoms with Gasteiger partial charge in [0.05, 0.1) is 0 Å². The van der Waals surface area contributed by atoms with Crippen molar-refractivity contribution in [2.75, 3.05) is 0 Å². The summed E-state index contributed by atoms with van der Waals surface area (Å²) in [5, 5.41) is 2.78. The molecular formula is C16H17. The van der Waals surface area contributed by atoms with Crippen LogP contribution < -0.4 is 0 Å². The van der Waals surface area contributed by atoms with E-state index >= 15 is 0 Å². The van der Waals surface area contributed by atoms with E-state index in [1.807, 2.05) is 6.07 Å². The van der Waals surface area contributed by atoms with Gasteiger partial charge in [0.1, 0.15) is 0 Å². The van der Waals surface area contributed by atoms with Crippen LogP contribution in [-0.4, -0.2) is 0 Å². The summed E-state index contributed by atoms with van der Waals surface area (Å²) in [5.74, 6) is 0.792. The molecule has 1 saturated carbocycles. The van der Waals surface area contributed by atoms with E-state index in [9.17, 15) is 0 Å². The third-order valence-corrected chi connectivity index (χ3v) is 3.80. The Balaban J connectivity index is 2.08. The molecule has 0 amide bonds. The van der Waals surface area contributed by atoms with Gasteiger partial charge >= 0.3 is 0 Å². The lowest BCUT2D eigenvalue weighted by atomic mass is 9.82. The van der Waals surface area contributed by atoms with Gasteiger partial charge in [0.15, 0.2) is 0 Å². The minimum absolute atomic E-state index is 0.792. The van der Waals surface area contributed by atoms with Gasteiger partial charge in [-0.15, -0.1) is 0 Å². The van der Waals surface area contributed by atoms with Crippen LogP contribution in [0.2, 0.25) is 0 Å². The molecule has 0 aromatic heterocycles. The molecule has 2 aromatic rings. The van der Waals surface area contributed by atoms with Gasteiger partial charge in [-0.05, 0) is 47.2 Å². The smallest absolute Gasteiger partial charge is 0.0149 e. The number of fused-ring (bicyclic) bond motifs is 1. The van der Waals surface area contributed by atoms with Gasteiger partial charge in [-0.2, -0.15) is 0 Å². The third-order valence-electron chi connectivity index (χ3n) is 3.80. The second-order valence-corrected chi connectivity index (χ2v) is 4.83. The van der Waals surface area contributed by atoms with Crippen LogP contribution >= 0.6 is 0 Å². The average molecular weight is 209 g/mol. The molecule has 2 aromatic carbocycles. The first-order valence-electron chi connectivity index (χ1n) is 6.34. The molecule has 1 radical (unpaired) electrons. The van der Waals surface area contributed by atoms with Crippen LogP contribution in [0.15, 0.2) is 36.4 Å². The van der Waals surface area contributed by atoms with Gasteiger partial charge in [0.25, 0.3) is 0 Å². The molecule has 81 valence electrons. The molecule has 1 fully saturated rings. The van der Waals surface area contributed by atoms with E-state index in [0.717, 1.165) is 5.92 Å². The first-order chi connectivity index (χ1) is 7.95. The van der Waals surface area contributed by atoms with Crippen molar-refractivity contribution in [1.29, 1.82) is 0 Å². The summed E-state index contributed by atoms with van der Waals surface area (Å²) >= 11 is 0. The normalized spacial score (nSPS) is 17.8. The Morgan fingerprint density at radius 3 is 2.75 bits per heavy atom. The molecule has 16 heavy (non-hydrogen) atoms. The molecule has 0 atom stereocenters. The number of hydrogen-bond acceptors (Lipinski definition) is 0. The zero-order valence-electron chi connectivity index (χ0n) is 9.58. The van der Waals surface area contributed by atoms with Crippen molar-refractivity contribution in [2.24, 2.45) is 0 Å². The van der Waals surface area contributed by atoms with Crippen molar-refractivity contribution in [3.8, 4) is 0 Å². The van der Waals surface area contributed by atoms with E-state index in [-0.39, 0.29) is 0 Å². The van der Waals surface area contributed by atoms with Gasteiger partial charge < -0.3 is 0 Å². The highest BCUT2D eigenvalue weighted by atomic mass is 14.2. The van der Waals surface area contributed by atoms with Gasteiger partial charge in [0.2, 0.25) is 0 Å². The SMILES string of the molecule is [c]1ccc2c(C3CCCCC3)cccc2c1. The van der Waals surface area contributed by atoms with Crippen LogP contribution in [0.3, 0.4) is 0 Å². The molecule has 0 bridgehead atoms. The lowest BCUT2D eigenvalue weighted by Gasteiger charge is -2.23. The molecule has 1 aliphatic rings. The summed E-state index contributed by atoms with van der Waals surface area (Å²) in [5.41, 5.74) is 1.56. The Hall–Kier alpha value is -1.30. The van der Waals surface area contributed by atoms with Crippen LogP contribution in [0, 0.1) is 6.07 Å². The lowest BCUT2D eigenvalue weighted by molar-refractivity contribution is 0.445. The molecule has 0 unspecified atom stereocenters. The summed E-state index contributed by atoms with van der Waals surface area (Å²) in [7, 11) is 0. The Kier molecular flexibility index (Phi) is 2.65. The van der Waals surface area contributed by atoms with E-state index in [0.29, 0.717) is 0 Å². The highest BCUT2D eigenvalue weighted by Crippen LogP contribution is 2.36. The van der Waals surface area contributed by atoms with Crippen molar-refractivity contribution >= 4 is 10.8 Å². The van der Waals surface area contributed by atoms with Crippen LogP contribution in [0.1, 0.15) is 43.6 Å². The predicted octanol–water partition coefficient (Wildman–Crippen LogP) is 4.69. The van der Waals surface area contributed by atoms with Crippen LogP contribution in [0.25, 0.3) is 10.8 Å². The third kappa shape index (κ3) is 1.73. The Bertz CT molecular complexity index is 473. The maximum atomic E-state index is 3.17. The van der Waals surface area contributed by atoms with Crippen LogP contribution in [0.5, 0.6) is 0 Å². The molecule has 0 heterocycles. The van der Waals surface area contributed by atoms with Crippen molar-refractivity contribution in [1.82, 2.24) is 0 Å². The maximum absolute atomic E-state index is 3.17. The molecule has 1 aliphatic carbocycles. The second kappa shape index (κ2) is 4.29. The van der Waals surface area contributed by atoms with Gasteiger partial charge in [-0.3, -0.25) is 0 Å². The Morgan fingerprint density at radius 2 is 1.88 bits per heavy atom. The number of rotatable bonds is 1. The van der Waals surface area contributed by atoms with E-state index in [4.69, 9.17) is 0 Å². The molecule has 0 saturated heterocycles. The zero-order chi connectivity index (χ0) is 10.8. The maximum Gasteiger partial charge on any atom is -0.0149 e. The summed E-state index contributed by atoms with van der Waals surface area (Å²) in [6.07, 6.45) is 6.98. The summed E-state index contributed by atoms with van der Waals surface area (Å²) in [6, 6.07) is 16.2. The van der Waals surface area contributed by atoms with Crippen molar-refractivity contribution < 1.29 is 0 Å². The summed E-state index contributed by atoms with van der Waals surface area (Å²) in [4.78, 5) is 0. The largest absolute Gasteiger partial charge is 0.0613 e. The molecule has 0 aliphatic heterocycles. The minimum Gasteiger partial charge on any atom is -0.0613 e. The Morgan fingerprint density at radius 1 is 1.00 bits per heavy atom. The van der Waals surface area contributed by atoms with Crippen LogP contribution in [-0.2, 0) is 0 Å². The highest BCUT2D eigenvalue weighted by molar-refractivity contribution is 5.86. The lowest BCUT2D eigenvalue weighted by Crippen LogP contribution is -2.04. The first-order valence-corrected chi connectivity index (χ1v) is 6.34. The fraction of sp³-hybridized carbons (Fsp3) is 0.375. The van der Waals surface area contributed by atoms with E-state index in [1.165, 1.54) is 42.9 Å². The van der Waals surface area contributed by atoms with E-state index < -0.39 is 0 Å². The van der Waals surface area contributed by atoms with E-state index in [2.05, 4.69) is 36.4 Å². The quantitative estimate of drug-likeness (QED) is 0.639. The fourth-order valence-electron chi connectivity index (χ4n) is 2.96. The molecule has 3 rings (SSSR count). The summed E-state index contributed by atoms with van der Waals surface area (Å²) < 4.78 is 0.